The van der Waals surface area contributed by atoms with E-state index in [2.05, 4.69) is 5.32 Å². The van der Waals surface area contributed by atoms with Gasteiger partial charge in [0.15, 0.2) is 0 Å². The van der Waals surface area contributed by atoms with E-state index in [0.29, 0.717) is 5.56 Å². The van der Waals surface area contributed by atoms with Gasteiger partial charge in [-0.3, -0.25) is 4.79 Å². The molecule has 0 aliphatic carbocycles. The number of rotatable bonds is 3. The molecule has 17 heavy (non-hydrogen) atoms. The van der Waals surface area contributed by atoms with Crippen LogP contribution >= 0.6 is 0 Å². The minimum Gasteiger partial charge on any atom is -0.508 e. The second-order valence-corrected chi connectivity index (χ2v) is 4.39. The van der Waals surface area contributed by atoms with Crippen molar-refractivity contribution in [3.05, 3.63) is 29.3 Å². The van der Waals surface area contributed by atoms with Crippen molar-refractivity contribution in [3.63, 3.8) is 0 Å². The van der Waals surface area contributed by atoms with Crippen LogP contribution in [0, 0.1) is 6.92 Å². The van der Waals surface area contributed by atoms with Crippen LogP contribution in [0.1, 0.15) is 29.8 Å². The summed E-state index contributed by atoms with van der Waals surface area (Å²) >= 11 is 0. The molecule has 0 atom stereocenters. The number of aromatic hydroxyl groups is 1. The van der Waals surface area contributed by atoms with E-state index in [9.17, 15) is 14.7 Å². The first kappa shape index (κ1) is 13.0. The van der Waals surface area contributed by atoms with Crippen LogP contribution in [-0.2, 0) is 4.79 Å². The minimum absolute atomic E-state index is 0.00535. The van der Waals surface area contributed by atoms with Gasteiger partial charge in [-0.1, -0.05) is 6.07 Å². The molecular weight excluding hydrogens is 222 g/mol. The average molecular weight is 237 g/mol. The summed E-state index contributed by atoms with van der Waals surface area (Å²) in [4.78, 5) is 22.6. The number of phenolic OH excluding ortho intramolecular Hbond substituents is 1. The molecule has 92 valence electrons. The number of carboxylic acids is 1. The van der Waals surface area contributed by atoms with Crippen molar-refractivity contribution in [2.24, 2.45) is 0 Å². The molecular formula is C12H15NO4. The summed E-state index contributed by atoms with van der Waals surface area (Å²) < 4.78 is 0. The molecule has 0 fully saturated rings. The fraction of sp³-hybridized carbons (Fsp3) is 0.333. The molecule has 1 aromatic rings. The SMILES string of the molecule is Cc1ccc(C(=O)NC(C)(C)C(=O)O)cc1O. The molecule has 0 radical (unpaired) electrons. The van der Waals surface area contributed by atoms with E-state index in [1.807, 2.05) is 0 Å². The fourth-order valence-corrected chi connectivity index (χ4v) is 1.16. The maximum absolute atomic E-state index is 11.7. The quantitative estimate of drug-likeness (QED) is 0.739. The van der Waals surface area contributed by atoms with Crippen LogP contribution in [0.4, 0.5) is 0 Å². The standard InChI is InChI=1S/C12H15NO4/c1-7-4-5-8(6-9(7)14)10(15)13-12(2,3)11(16)17/h4-6,14H,1-3H3,(H,13,15)(H,16,17). The zero-order valence-corrected chi connectivity index (χ0v) is 9.94. The zero-order chi connectivity index (χ0) is 13.2. The Hall–Kier alpha value is -2.04. The number of hydrogen-bond donors (Lipinski definition) is 3. The fourth-order valence-electron chi connectivity index (χ4n) is 1.16. The van der Waals surface area contributed by atoms with Gasteiger partial charge in [0.05, 0.1) is 0 Å². The molecule has 0 bridgehead atoms. The molecule has 5 nitrogen and oxygen atoms in total. The number of carbonyl (C=O) groups is 2. The van der Waals surface area contributed by atoms with Crippen LogP contribution in [0.5, 0.6) is 5.75 Å². The summed E-state index contributed by atoms with van der Waals surface area (Å²) in [5, 5.41) is 20.7. The molecule has 0 aliphatic heterocycles. The van der Waals surface area contributed by atoms with E-state index in [1.54, 1.807) is 13.0 Å². The van der Waals surface area contributed by atoms with Crippen molar-refractivity contribution >= 4 is 11.9 Å². The highest BCUT2D eigenvalue weighted by Gasteiger charge is 2.29. The molecule has 3 N–H and O–H groups in total. The van der Waals surface area contributed by atoms with Crippen LogP contribution in [0.2, 0.25) is 0 Å². The Kier molecular flexibility index (Phi) is 3.41. The number of aliphatic carboxylic acids is 1. The van der Waals surface area contributed by atoms with Crippen molar-refractivity contribution in [1.82, 2.24) is 5.32 Å². The lowest BCUT2D eigenvalue weighted by Crippen LogP contribution is -2.49. The second-order valence-electron chi connectivity index (χ2n) is 4.39. The van der Waals surface area contributed by atoms with E-state index in [0.717, 1.165) is 0 Å². The number of nitrogens with one attached hydrogen (secondary N) is 1. The van der Waals surface area contributed by atoms with Crippen molar-refractivity contribution < 1.29 is 19.8 Å². The van der Waals surface area contributed by atoms with E-state index in [-0.39, 0.29) is 11.3 Å². The first-order valence-corrected chi connectivity index (χ1v) is 5.09. The largest absolute Gasteiger partial charge is 0.508 e. The van der Waals surface area contributed by atoms with Crippen molar-refractivity contribution in [3.8, 4) is 5.75 Å². The first-order chi connectivity index (χ1) is 7.74. The molecule has 0 heterocycles. The summed E-state index contributed by atoms with van der Waals surface area (Å²) in [5.74, 6) is -1.65. The smallest absolute Gasteiger partial charge is 0.328 e. The molecule has 1 rings (SSSR count). The van der Waals surface area contributed by atoms with E-state index in [1.165, 1.54) is 26.0 Å². The molecule has 1 amide bonds. The van der Waals surface area contributed by atoms with Gasteiger partial charge in [-0.25, -0.2) is 4.79 Å². The normalized spacial score (nSPS) is 11.0. The van der Waals surface area contributed by atoms with Gasteiger partial charge in [0.25, 0.3) is 5.91 Å². The number of carbonyl (C=O) groups excluding carboxylic acids is 1. The summed E-state index contributed by atoms with van der Waals surface area (Å²) in [6.45, 7) is 4.49. The molecule has 0 aromatic heterocycles. The van der Waals surface area contributed by atoms with Crippen LogP contribution < -0.4 is 5.32 Å². The third-order valence-electron chi connectivity index (χ3n) is 2.43. The Balaban J connectivity index is 2.91. The number of carboxylic acid groups (broad SMARTS) is 1. The van der Waals surface area contributed by atoms with Gasteiger partial charge in [0.2, 0.25) is 0 Å². The zero-order valence-electron chi connectivity index (χ0n) is 9.94. The topological polar surface area (TPSA) is 86.6 Å². The number of hydrogen-bond acceptors (Lipinski definition) is 3. The molecule has 0 saturated heterocycles. The number of aryl methyl sites for hydroxylation is 1. The van der Waals surface area contributed by atoms with Gasteiger partial charge in [-0.2, -0.15) is 0 Å². The highest BCUT2D eigenvalue weighted by molar-refractivity contribution is 5.97. The van der Waals surface area contributed by atoms with Gasteiger partial charge < -0.3 is 15.5 Å². The molecule has 0 saturated carbocycles. The predicted molar refractivity (Wildman–Crippen MR) is 62.0 cm³/mol. The first-order valence-electron chi connectivity index (χ1n) is 5.09. The second kappa shape index (κ2) is 4.45. The van der Waals surface area contributed by atoms with Crippen LogP contribution in [0.25, 0.3) is 0 Å². The lowest BCUT2D eigenvalue weighted by Gasteiger charge is -2.21. The lowest BCUT2D eigenvalue weighted by molar-refractivity contribution is -0.143. The maximum atomic E-state index is 11.7. The third-order valence-corrected chi connectivity index (χ3v) is 2.43. The predicted octanol–water partition coefficient (Wildman–Crippen LogP) is 1.29. The number of amides is 1. The van der Waals surface area contributed by atoms with E-state index < -0.39 is 17.4 Å². The van der Waals surface area contributed by atoms with Crippen LogP contribution in [-0.4, -0.2) is 27.6 Å². The Morgan fingerprint density at radius 3 is 2.35 bits per heavy atom. The number of phenols is 1. The Labute approximate surface area is 99.1 Å². The van der Waals surface area contributed by atoms with Crippen molar-refractivity contribution in [1.29, 1.82) is 0 Å². The lowest BCUT2D eigenvalue weighted by atomic mass is 10.0. The molecule has 5 heteroatoms. The van der Waals surface area contributed by atoms with Gasteiger partial charge >= 0.3 is 5.97 Å². The summed E-state index contributed by atoms with van der Waals surface area (Å²) in [7, 11) is 0. The highest BCUT2D eigenvalue weighted by atomic mass is 16.4. The third kappa shape index (κ3) is 2.96. The summed E-state index contributed by atoms with van der Waals surface area (Å²) in [5.41, 5.74) is -0.473. The number of benzene rings is 1. The summed E-state index contributed by atoms with van der Waals surface area (Å²) in [6.07, 6.45) is 0. The van der Waals surface area contributed by atoms with Gasteiger partial charge in [-0.05, 0) is 38.5 Å². The van der Waals surface area contributed by atoms with Gasteiger partial charge in [0.1, 0.15) is 11.3 Å². The van der Waals surface area contributed by atoms with Crippen molar-refractivity contribution in [2.75, 3.05) is 0 Å². The van der Waals surface area contributed by atoms with Crippen LogP contribution in [0.3, 0.4) is 0 Å². The molecule has 0 aliphatic rings. The van der Waals surface area contributed by atoms with Crippen LogP contribution in [0.15, 0.2) is 18.2 Å². The Morgan fingerprint density at radius 1 is 1.29 bits per heavy atom. The van der Waals surface area contributed by atoms with Crippen molar-refractivity contribution in [2.45, 2.75) is 26.3 Å². The molecule has 0 spiro atoms. The summed E-state index contributed by atoms with van der Waals surface area (Å²) in [6, 6.07) is 4.43. The van der Waals surface area contributed by atoms with E-state index >= 15 is 0 Å². The monoisotopic (exact) mass is 237 g/mol. The van der Waals surface area contributed by atoms with Gasteiger partial charge in [0, 0.05) is 5.56 Å². The Morgan fingerprint density at radius 2 is 1.88 bits per heavy atom. The molecule has 0 unspecified atom stereocenters. The molecule has 1 aromatic carbocycles. The average Bonchev–Trinajstić information content (AvgIpc) is 2.21. The van der Waals surface area contributed by atoms with Gasteiger partial charge in [-0.15, -0.1) is 0 Å². The minimum atomic E-state index is -1.35. The maximum Gasteiger partial charge on any atom is 0.328 e. The van der Waals surface area contributed by atoms with E-state index in [4.69, 9.17) is 5.11 Å². The highest BCUT2D eigenvalue weighted by Crippen LogP contribution is 2.17. The Bertz CT molecular complexity index is 466.